The van der Waals surface area contributed by atoms with Crippen molar-refractivity contribution in [3.8, 4) is 11.3 Å². The van der Waals surface area contributed by atoms with Crippen molar-refractivity contribution in [1.29, 1.82) is 0 Å². The molecule has 2 nitrogen and oxygen atoms in total. The maximum atomic E-state index is 12.5. The number of rotatable bonds is 3. The Morgan fingerprint density at radius 2 is 2.00 bits per heavy atom. The molecule has 1 aliphatic heterocycles. The molecule has 2 aromatic rings. The number of hydrogen-bond donors (Lipinski definition) is 1. The van der Waals surface area contributed by atoms with Gasteiger partial charge in [-0.15, -0.1) is 11.3 Å². The van der Waals surface area contributed by atoms with Crippen molar-refractivity contribution in [1.82, 2.24) is 10.3 Å². The molecule has 1 unspecified atom stereocenters. The molecule has 21 heavy (non-hydrogen) atoms. The van der Waals surface area contributed by atoms with Crippen LogP contribution in [-0.2, 0) is 12.6 Å². The van der Waals surface area contributed by atoms with Crippen molar-refractivity contribution >= 4 is 11.3 Å². The lowest BCUT2D eigenvalue weighted by Crippen LogP contribution is -2.23. The van der Waals surface area contributed by atoms with Gasteiger partial charge in [-0.25, -0.2) is 4.98 Å². The van der Waals surface area contributed by atoms with E-state index >= 15 is 0 Å². The van der Waals surface area contributed by atoms with Gasteiger partial charge in [0.2, 0.25) is 0 Å². The molecule has 0 bridgehead atoms. The summed E-state index contributed by atoms with van der Waals surface area (Å²) >= 11 is 1.57. The lowest BCUT2D eigenvalue weighted by Gasteiger charge is -2.07. The maximum absolute atomic E-state index is 12.5. The standard InChI is InChI=1S/C15H15F3N2S/c16-15(17,18)11-5-3-10(4-6-11)13-9-21-14(20-13)8-12-2-1-7-19-12/h3-6,9,12,19H,1-2,7-8H2. The second-order valence-electron chi connectivity index (χ2n) is 5.20. The Labute approximate surface area is 125 Å². The van der Waals surface area contributed by atoms with Crippen LogP contribution in [0.25, 0.3) is 11.3 Å². The monoisotopic (exact) mass is 312 g/mol. The first-order valence-corrected chi connectivity index (χ1v) is 7.76. The van der Waals surface area contributed by atoms with E-state index in [0.29, 0.717) is 6.04 Å². The van der Waals surface area contributed by atoms with E-state index in [1.165, 1.54) is 18.6 Å². The minimum Gasteiger partial charge on any atom is -0.314 e. The Kier molecular flexibility index (Phi) is 3.99. The molecule has 0 spiro atoms. The average molecular weight is 312 g/mol. The van der Waals surface area contributed by atoms with E-state index in [4.69, 9.17) is 0 Å². The number of hydrogen-bond acceptors (Lipinski definition) is 3. The van der Waals surface area contributed by atoms with Gasteiger partial charge < -0.3 is 5.32 Å². The Bertz CT molecular complexity index is 598. The van der Waals surface area contributed by atoms with Gasteiger partial charge >= 0.3 is 6.18 Å². The number of aromatic nitrogens is 1. The number of halogens is 3. The lowest BCUT2D eigenvalue weighted by atomic mass is 10.1. The van der Waals surface area contributed by atoms with E-state index in [0.717, 1.165) is 47.8 Å². The normalized spacial score (nSPS) is 19.1. The molecule has 1 saturated heterocycles. The van der Waals surface area contributed by atoms with E-state index < -0.39 is 11.7 Å². The fourth-order valence-electron chi connectivity index (χ4n) is 2.51. The molecule has 1 fully saturated rings. The second-order valence-corrected chi connectivity index (χ2v) is 6.14. The summed E-state index contributed by atoms with van der Waals surface area (Å²) in [6.07, 6.45) is -1.04. The molecule has 112 valence electrons. The first kappa shape index (κ1) is 14.5. The zero-order chi connectivity index (χ0) is 14.9. The highest BCUT2D eigenvalue weighted by Crippen LogP contribution is 2.31. The third-order valence-electron chi connectivity index (χ3n) is 3.64. The van der Waals surface area contributed by atoms with Crippen LogP contribution >= 0.6 is 11.3 Å². The SMILES string of the molecule is FC(F)(F)c1ccc(-c2csc(CC3CCCN3)n2)cc1. The molecule has 1 aromatic carbocycles. The van der Waals surface area contributed by atoms with Crippen LogP contribution < -0.4 is 5.32 Å². The molecule has 1 N–H and O–H groups in total. The number of thiazole rings is 1. The van der Waals surface area contributed by atoms with Crippen LogP contribution in [0.3, 0.4) is 0 Å². The van der Waals surface area contributed by atoms with Gasteiger partial charge in [0.1, 0.15) is 0 Å². The highest BCUT2D eigenvalue weighted by Gasteiger charge is 2.30. The molecular formula is C15H15F3N2S. The van der Waals surface area contributed by atoms with E-state index in [2.05, 4.69) is 10.3 Å². The molecule has 1 atom stereocenters. The predicted molar refractivity (Wildman–Crippen MR) is 77.3 cm³/mol. The maximum Gasteiger partial charge on any atom is 0.416 e. The Morgan fingerprint density at radius 3 is 2.62 bits per heavy atom. The van der Waals surface area contributed by atoms with Crippen molar-refractivity contribution in [2.45, 2.75) is 31.5 Å². The fourth-order valence-corrected chi connectivity index (χ4v) is 3.39. The van der Waals surface area contributed by atoms with E-state index in [1.54, 1.807) is 11.3 Å². The summed E-state index contributed by atoms with van der Waals surface area (Å²) in [5, 5.41) is 6.36. The number of nitrogens with zero attached hydrogens (tertiary/aromatic N) is 1. The fraction of sp³-hybridized carbons (Fsp3) is 0.400. The highest BCUT2D eigenvalue weighted by molar-refractivity contribution is 7.09. The predicted octanol–water partition coefficient (Wildman–Crippen LogP) is 4.12. The Hall–Kier alpha value is -1.40. The molecule has 0 amide bonds. The van der Waals surface area contributed by atoms with Crippen molar-refractivity contribution in [3.63, 3.8) is 0 Å². The first-order chi connectivity index (χ1) is 10.0. The summed E-state index contributed by atoms with van der Waals surface area (Å²) in [4.78, 5) is 4.53. The molecule has 0 saturated carbocycles. The average Bonchev–Trinajstić information content (AvgIpc) is 3.10. The van der Waals surface area contributed by atoms with Crippen LogP contribution in [0.5, 0.6) is 0 Å². The summed E-state index contributed by atoms with van der Waals surface area (Å²) in [7, 11) is 0. The van der Waals surface area contributed by atoms with Crippen LogP contribution in [0.15, 0.2) is 29.6 Å². The van der Waals surface area contributed by atoms with Crippen molar-refractivity contribution in [2.75, 3.05) is 6.54 Å². The van der Waals surface area contributed by atoms with Gasteiger partial charge in [0.25, 0.3) is 0 Å². The minimum atomic E-state index is -4.29. The van der Waals surface area contributed by atoms with Crippen LogP contribution in [0.2, 0.25) is 0 Å². The second kappa shape index (κ2) is 5.77. The van der Waals surface area contributed by atoms with Gasteiger partial charge in [0, 0.05) is 23.4 Å². The smallest absolute Gasteiger partial charge is 0.314 e. The molecule has 2 heterocycles. The van der Waals surface area contributed by atoms with Gasteiger partial charge in [-0.1, -0.05) is 12.1 Å². The third-order valence-corrected chi connectivity index (χ3v) is 4.51. The topological polar surface area (TPSA) is 24.9 Å². The summed E-state index contributed by atoms with van der Waals surface area (Å²) in [5.41, 5.74) is 0.850. The molecule has 0 radical (unpaired) electrons. The first-order valence-electron chi connectivity index (χ1n) is 6.88. The molecule has 6 heteroatoms. The van der Waals surface area contributed by atoms with Crippen LogP contribution in [0.1, 0.15) is 23.4 Å². The molecule has 1 aliphatic rings. The summed E-state index contributed by atoms with van der Waals surface area (Å²) in [6, 6.07) is 5.65. The van der Waals surface area contributed by atoms with Crippen molar-refractivity contribution in [3.05, 3.63) is 40.2 Å². The molecule has 1 aromatic heterocycles. The van der Waals surface area contributed by atoms with Gasteiger partial charge in [0.15, 0.2) is 0 Å². The van der Waals surface area contributed by atoms with E-state index in [-0.39, 0.29) is 0 Å². The summed E-state index contributed by atoms with van der Waals surface area (Å²) < 4.78 is 37.6. The third kappa shape index (κ3) is 3.44. The quantitative estimate of drug-likeness (QED) is 0.922. The van der Waals surface area contributed by atoms with Crippen LogP contribution in [-0.4, -0.2) is 17.6 Å². The minimum absolute atomic E-state index is 0.483. The van der Waals surface area contributed by atoms with Crippen molar-refractivity contribution < 1.29 is 13.2 Å². The van der Waals surface area contributed by atoms with Crippen molar-refractivity contribution in [2.24, 2.45) is 0 Å². The van der Waals surface area contributed by atoms with Gasteiger partial charge in [-0.3, -0.25) is 0 Å². The summed E-state index contributed by atoms with van der Waals surface area (Å²) in [5.74, 6) is 0. The Balaban J connectivity index is 1.73. The number of benzene rings is 1. The van der Waals surface area contributed by atoms with Crippen LogP contribution in [0.4, 0.5) is 13.2 Å². The molecular weight excluding hydrogens is 297 g/mol. The van der Waals surface area contributed by atoms with Gasteiger partial charge in [-0.2, -0.15) is 13.2 Å². The van der Waals surface area contributed by atoms with Gasteiger partial charge in [-0.05, 0) is 31.5 Å². The zero-order valence-electron chi connectivity index (χ0n) is 11.3. The van der Waals surface area contributed by atoms with E-state index in [9.17, 15) is 13.2 Å². The summed E-state index contributed by atoms with van der Waals surface area (Å²) in [6.45, 7) is 1.06. The number of alkyl halides is 3. The largest absolute Gasteiger partial charge is 0.416 e. The zero-order valence-corrected chi connectivity index (χ0v) is 12.1. The van der Waals surface area contributed by atoms with Crippen LogP contribution in [0, 0.1) is 0 Å². The number of nitrogens with one attached hydrogen (secondary N) is 1. The highest BCUT2D eigenvalue weighted by atomic mass is 32.1. The Morgan fingerprint density at radius 1 is 1.24 bits per heavy atom. The van der Waals surface area contributed by atoms with E-state index in [1.807, 2.05) is 5.38 Å². The molecule has 0 aliphatic carbocycles. The molecule has 3 rings (SSSR count). The lowest BCUT2D eigenvalue weighted by molar-refractivity contribution is -0.137. The van der Waals surface area contributed by atoms with Gasteiger partial charge in [0.05, 0.1) is 16.3 Å².